The molecule has 3 aromatic rings. The first-order valence-electron chi connectivity index (χ1n) is 11.4. The number of nitrogens with zero attached hydrogens (tertiary/aromatic N) is 3. The Kier molecular flexibility index (Phi) is 7.07. The Morgan fingerprint density at radius 1 is 1.09 bits per heavy atom. The number of hydrogen-bond acceptors (Lipinski definition) is 4. The van der Waals surface area contributed by atoms with Crippen LogP contribution in [0.1, 0.15) is 31.4 Å². The van der Waals surface area contributed by atoms with E-state index in [2.05, 4.69) is 29.3 Å². The number of benzene rings is 2. The molecule has 0 aliphatic carbocycles. The first-order chi connectivity index (χ1) is 15.5. The van der Waals surface area contributed by atoms with Gasteiger partial charge in [0.2, 0.25) is 5.91 Å². The molecule has 1 aliphatic heterocycles. The normalized spacial score (nSPS) is 17.0. The number of rotatable bonds is 8. The van der Waals surface area contributed by atoms with Crippen molar-refractivity contribution in [2.24, 2.45) is 0 Å². The van der Waals surface area contributed by atoms with Crippen molar-refractivity contribution in [3.8, 4) is 0 Å². The highest BCUT2D eigenvalue weighted by Gasteiger charge is 2.17. The van der Waals surface area contributed by atoms with Crippen molar-refractivity contribution in [2.75, 3.05) is 19.7 Å². The predicted molar refractivity (Wildman–Crippen MR) is 125 cm³/mol. The van der Waals surface area contributed by atoms with E-state index in [1.807, 2.05) is 43.3 Å². The average Bonchev–Trinajstić information content (AvgIpc) is 3.07. The quantitative estimate of drug-likeness (QED) is 0.590. The molecule has 2 heterocycles. The Morgan fingerprint density at radius 2 is 1.84 bits per heavy atom. The number of imidazole rings is 1. The van der Waals surface area contributed by atoms with Crippen LogP contribution in [0.5, 0.6) is 0 Å². The average molecular weight is 437 g/mol. The highest BCUT2D eigenvalue weighted by molar-refractivity contribution is 5.78. The van der Waals surface area contributed by atoms with Crippen molar-refractivity contribution in [3.63, 3.8) is 0 Å². The molecule has 1 aliphatic rings. The van der Waals surface area contributed by atoms with Gasteiger partial charge in [-0.15, -0.1) is 0 Å². The fourth-order valence-electron chi connectivity index (χ4n) is 4.43. The molecule has 4 rings (SSSR count). The molecular formula is C25H32N4O3. The van der Waals surface area contributed by atoms with Gasteiger partial charge in [-0.3, -0.25) is 18.8 Å². The molecule has 0 saturated carbocycles. The summed E-state index contributed by atoms with van der Waals surface area (Å²) < 4.78 is 9.06. The summed E-state index contributed by atoms with van der Waals surface area (Å²) in [6.45, 7) is 9.07. The third-order valence-electron chi connectivity index (χ3n) is 6.02. The minimum atomic E-state index is -0.0633. The molecule has 1 unspecified atom stereocenters. The van der Waals surface area contributed by atoms with Crippen LogP contribution >= 0.6 is 0 Å². The number of morpholine rings is 1. The maximum atomic E-state index is 12.7. The zero-order chi connectivity index (χ0) is 22.5. The van der Waals surface area contributed by atoms with Crippen LogP contribution < -0.4 is 11.0 Å². The molecule has 170 valence electrons. The van der Waals surface area contributed by atoms with Crippen LogP contribution in [0.4, 0.5) is 0 Å². The monoisotopic (exact) mass is 436 g/mol. The molecule has 0 radical (unpaired) electrons. The van der Waals surface area contributed by atoms with Crippen molar-refractivity contribution in [2.45, 2.75) is 52.6 Å². The van der Waals surface area contributed by atoms with Gasteiger partial charge in [-0.25, -0.2) is 4.79 Å². The van der Waals surface area contributed by atoms with Crippen LogP contribution in [0.15, 0.2) is 53.3 Å². The second-order valence-electron chi connectivity index (χ2n) is 8.43. The zero-order valence-corrected chi connectivity index (χ0v) is 18.9. The van der Waals surface area contributed by atoms with Crippen LogP contribution in [-0.4, -0.2) is 45.7 Å². The van der Waals surface area contributed by atoms with E-state index in [-0.39, 0.29) is 24.1 Å². The molecule has 1 atom stereocenters. The van der Waals surface area contributed by atoms with Gasteiger partial charge in [-0.1, -0.05) is 36.4 Å². The molecule has 1 fully saturated rings. The molecule has 1 N–H and O–H groups in total. The van der Waals surface area contributed by atoms with Gasteiger partial charge in [0, 0.05) is 45.7 Å². The molecule has 7 nitrogen and oxygen atoms in total. The van der Waals surface area contributed by atoms with Crippen LogP contribution in [0.25, 0.3) is 11.0 Å². The number of fused-ring (bicyclic) bond motifs is 1. The molecule has 1 amide bonds. The third kappa shape index (κ3) is 5.11. The van der Waals surface area contributed by atoms with Crippen molar-refractivity contribution >= 4 is 16.9 Å². The lowest BCUT2D eigenvalue weighted by molar-refractivity contribution is -0.121. The number of aromatic nitrogens is 2. The Morgan fingerprint density at radius 3 is 2.59 bits per heavy atom. The molecular weight excluding hydrogens is 404 g/mol. The molecule has 0 spiro atoms. The van der Waals surface area contributed by atoms with E-state index in [1.54, 1.807) is 9.13 Å². The van der Waals surface area contributed by atoms with E-state index in [1.165, 1.54) is 5.56 Å². The lowest BCUT2D eigenvalue weighted by atomic mass is 10.1. The summed E-state index contributed by atoms with van der Waals surface area (Å²) in [5, 5.41) is 3.00. The van der Waals surface area contributed by atoms with Crippen LogP contribution in [0, 0.1) is 0 Å². The van der Waals surface area contributed by atoms with Crippen LogP contribution in [-0.2, 0) is 35.7 Å². The second-order valence-corrected chi connectivity index (χ2v) is 8.43. The highest BCUT2D eigenvalue weighted by atomic mass is 16.5. The first kappa shape index (κ1) is 22.3. The fourth-order valence-corrected chi connectivity index (χ4v) is 4.43. The maximum absolute atomic E-state index is 12.7. The Hall–Kier alpha value is -2.90. The summed E-state index contributed by atoms with van der Waals surface area (Å²) in [4.78, 5) is 27.6. The van der Waals surface area contributed by atoms with Crippen molar-refractivity contribution in [1.82, 2.24) is 19.4 Å². The number of nitrogens with one attached hydrogen (secondary N) is 1. The summed E-state index contributed by atoms with van der Waals surface area (Å²) in [7, 11) is 0. The molecule has 1 aromatic heterocycles. The van der Waals surface area contributed by atoms with Gasteiger partial charge >= 0.3 is 5.69 Å². The van der Waals surface area contributed by atoms with Gasteiger partial charge in [-0.05, 0) is 37.1 Å². The minimum Gasteiger partial charge on any atom is -0.376 e. The number of ether oxygens (including phenoxy) is 1. The highest BCUT2D eigenvalue weighted by Crippen LogP contribution is 2.14. The largest absolute Gasteiger partial charge is 0.376 e. The van der Waals surface area contributed by atoms with E-state index in [0.29, 0.717) is 19.6 Å². The van der Waals surface area contributed by atoms with Gasteiger partial charge in [0.1, 0.15) is 0 Å². The summed E-state index contributed by atoms with van der Waals surface area (Å²) in [6, 6.07) is 16.1. The molecule has 32 heavy (non-hydrogen) atoms. The van der Waals surface area contributed by atoms with Gasteiger partial charge in [0.25, 0.3) is 0 Å². The van der Waals surface area contributed by atoms with Gasteiger partial charge in [-0.2, -0.15) is 0 Å². The molecule has 2 aromatic carbocycles. The van der Waals surface area contributed by atoms with Gasteiger partial charge < -0.3 is 10.1 Å². The van der Waals surface area contributed by atoms with Crippen molar-refractivity contribution in [1.29, 1.82) is 0 Å². The number of hydrogen-bond donors (Lipinski definition) is 1. The van der Waals surface area contributed by atoms with Gasteiger partial charge in [0.05, 0.1) is 23.7 Å². The van der Waals surface area contributed by atoms with Crippen molar-refractivity contribution < 1.29 is 9.53 Å². The number of carbonyl (C=O) groups excluding carboxylic acids is 1. The zero-order valence-electron chi connectivity index (χ0n) is 18.9. The standard InChI is InChI=1S/C25H32N4O3/c1-3-28-22-9-4-5-10-23(22)29(25(28)31)12-11-24(30)26-16-20-7-6-8-21(15-20)18-27-13-14-32-19(2)17-27/h4-10,15,19H,3,11-14,16-18H2,1-2H3,(H,26,30). The van der Waals surface area contributed by atoms with E-state index in [4.69, 9.17) is 4.74 Å². The molecule has 7 heteroatoms. The Bertz CT molecular complexity index is 1130. The first-order valence-corrected chi connectivity index (χ1v) is 11.4. The third-order valence-corrected chi connectivity index (χ3v) is 6.02. The summed E-state index contributed by atoms with van der Waals surface area (Å²) in [5.41, 5.74) is 4.04. The van der Waals surface area contributed by atoms with Gasteiger partial charge in [0.15, 0.2) is 0 Å². The number of carbonyl (C=O) groups is 1. The maximum Gasteiger partial charge on any atom is 0.329 e. The van der Waals surface area contributed by atoms with Crippen LogP contribution in [0.2, 0.25) is 0 Å². The van der Waals surface area contributed by atoms with Crippen LogP contribution in [0.3, 0.4) is 0 Å². The minimum absolute atomic E-state index is 0.0577. The fraction of sp³-hybridized carbons (Fsp3) is 0.440. The second kappa shape index (κ2) is 10.1. The lowest BCUT2D eigenvalue weighted by Gasteiger charge is -2.31. The smallest absolute Gasteiger partial charge is 0.329 e. The summed E-state index contributed by atoms with van der Waals surface area (Å²) in [5.74, 6) is -0.0577. The van der Waals surface area contributed by atoms with E-state index < -0.39 is 0 Å². The van der Waals surface area contributed by atoms with E-state index in [0.717, 1.165) is 42.8 Å². The van der Waals surface area contributed by atoms with Crippen molar-refractivity contribution in [3.05, 3.63) is 70.1 Å². The number of amides is 1. The van der Waals surface area contributed by atoms with E-state index in [9.17, 15) is 9.59 Å². The topological polar surface area (TPSA) is 68.5 Å². The summed E-state index contributed by atoms with van der Waals surface area (Å²) >= 11 is 0. The number of aryl methyl sites for hydroxylation is 2. The SMILES string of the molecule is CCn1c(=O)n(CCC(=O)NCc2cccc(CN3CCOC(C)C3)c2)c2ccccc21. The predicted octanol–water partition coefficient (Wildman–Crippen LogP) is 2.75. The van der Waals surface area contributed by atoms with E-state index >= 15 is 0 Å². The molecule has 1 saturated heterocycles. The molecule has 0 bridgehead atoms. The number of para-hydroxylation sites is 2. The summed E-state index contributed by atoms with van der Waals surface area (Å²) in [6.07, 6.45) is 0.535. The Balaban J connectivity index is 1.33. The Labute approximate surface area is 188 Å². The lowest BCUT2D eigenvalue weighted by Crippen LogP contribution is -2.40.